The SMILES string of the molecule is CCC(C)(Cn1nnnc1-c1snnc1C(C)C)C(=O)O. The summed E-state index contributed by atoms with van der Waals surface area (Å²) in [6.07, 6.45) is 0.486. The van der Waals surface area contributed by atoms with Crippen molar-refractivity contribution in [1.82, 2.24) is 29.8 Å². The summed E-state index contributed by atoms with van der Waals surface area (Å²) < 4.78 is 5.49. The minimum Gasteiger partial charge on any atom is -0.481 e. The molecule has 8 nitrogen and oxygen atoms in total. The van der Waals surface area contributed by atoms with Crippen LogP contribution in [-0.4, -0.2) is 40.9 Å². The number of hydrogen-bond donors (Lipinski definition) is 1. The van der Waals surface area contributed by atoms with Gasteiger partial charge in [-0.2, -0.15) is 0 Å². The fraction of sp³-hybridized carbons (Fsp3) is 0.667. The average molecular weight is 310 g/mol. The molecule has 0 amide bonds. The van der Waals surface area contributed by atoms with E-state index in [4.69, 9.17) is 0 Å². The van der Waals surface area contributed by atoms with E-state index in [2.05, 4.69) is 25.1 Å². The van der Waals surface area contributed by atoms with Crippen LogP contribution in [0.5, 0.6) is 0 Å². The van der Waals surface area contributed by atoms with Gasteiger partial charge in [-0.25, -0.2) is 4.68 Å². The van der Waals surface area contributed by atoms with Crippen molar-refractivity contribution in [1.29, 1.82) is 0 Å². The summed E-state index contributed by atoms with van der Waals surface area (Å²) in [6, 6.07) is 0. The number of hydrogen-bond acceptors (Lipinski definition) is 7. The van der Waals surface area contributed by atoms with Crippen LogP contribution in [0, 0.1) is 5.41 Å². The van der Waals surface area contributed by atoms with Gasteiger partial charge in [-0.3, -0.25) is 4.79 Å². The predicted molar refractivity (Wildman–Crippen MR) is 76.8 cm³/mol. The van der Waals surface area contributed by atoms with Crippen molar-refractivity contribution in [3.8, 4) is 10.7 Å². The number of carboxylic acids is 1. The van der Waals surface area contributed by atoms with Crippen LogP contribution in [0.4, 0.5) is 0 Å². The monoisotopic (exact) mass is 310 g/mol. The third kappa shape index (κ3) is 2.92. The molecule has 1 atom stereocenters. The summed E-state index contributed by atoms with van der Waals surface area (Å²) in [5.74, 6) is -0.145. The van der Waals surface area contributed by atoms with E-state index < -0.39 is 11.4 Å². The largest absolute Gasteiger partial charge is 0.481 e. The summed E-state index contributed by atoms with van der Waals surface area (Å²) in [5.41, 5.74) is -0.0927. The summed E-state index contributed by atoms with van der Waals surface area (Å²) in [7, 11) is 0. The zero-order valence-electron chi connectivity index (χ0n) is 12.4. The molecule has 0 saturated heterocycles. The lowest BCUT2D eigenvalue weighted by Crippen LogP contribution is -2.32. The van der Waals surface area contributed by atoms with Crippen LogP contribution in [0.3, 0.4) is 0 Å². The van der Waals surface area contributed by atoms with E-state index in [1.807, 2.05) is 20.8 Å². The zero-order valence-corrected chi connectivity index (χ0v) is 13.3. The molecule has 2 aromatic rings. The molecule has 1 N–H and O–H groups in total. The lowest BCUT2D eigenvalue weighted by molar-refractivity contribution is -0.149. The van der Waals surface area contributed by atoms with Crippen molar-refractivity contribution in [2.45, 2.75) is 46.6 Å². The fourth-order valence-electron chi connectivity index (χ4n) is 1.87. The molecular formula is C12H18N6O2S. The van der Waals surface area contributed by atoms with Crippen LogP contribution in [0.15, 0.2) is 0 Å². The number of tetrazole rings is 1. The normalized spacial score (nSPS) is 14.3. The Morgan fingerprint density at radius 1 is 1.43 bits per heavy atom. The lowest BCUT2D eigenvalue weighted by Gasteiger charge is -2.22. The molecule has 9 heteroatoms. The van der Waals surface area contributed by atoms with Gasteiger partial charge in [0.1, 0.15) is 4.88 Å². The van der Waals surface area contributed by atoms with Gasteiger partial charge in [0.15, 0.2) is 5.82 Å². The van der Waals surface area contributed by atoms with Crippen LogP contribution in [0.2, 0.25) is 0 Å². The van der Waals surface area contributed by atoms with E-state index in [0.29, 0.717) is 12.2 Å². The molecule has 0 aliphatic rings. The second-order valence-electron chi connectivity index (χ2n) is 5.52. The first kappa shape index (κ1) is 15.5. The van der Waals surface area contributed by atoms with Gasteiger partial charge in [0.05, 0.1) is 17.7 Å². The van der Waals surface area contributed by atoms with Gasteiger partial charge in [0.2, 0.25) is 0 Å². The molecule has 0 bridgehead atoms. The molecule has 2 rings (SSSR count). The molecule has 114 valence electrons. The Labute approximate surface area is 126 Å². The highest BCUT2D eigenvalue weighted by molar-refractivity contribution is 7.09. The molecule has 0 aliphatic carbocycles. The Hall–Kier alpha value is -1.90. The van der Waals surface area contributed by atoms with E-state index in [0.717, 1.165) is 10.6 Å². The van der Waals surface area contributed by atoms with Gasteiger partial charge in [-0.05, 0) is 41.2 Å². The Bertz CT molecular complexity index is 637. The fourth-order valence-corrected chi connectivity index (χ4v) is 2.67. The van der Waals surface area contributed by atoms with E-state index in [1.165, 1.54) is 16.2 Å². The molecule has 21 heavy (non-hydrogen) atoms. The molecule has 2 heterocycles. The van der Waals surface area contributed by atoms with Gasteiger partial charge in [0.25, 0.3) is 0 Å². The molecule has 0 aliphatic heterocycles. The van der Waals surface area contributed by atoms with Crippen molar-refractivity contribution in [2.24, 2.45) is 5.41 Å². The predicted octanol–water partition coefficient (Wildman–Crippen LogP) is 1.82. The number of nitrogens with zero attached hydrogens (tertiary/aromatic N) is 6. The maximum atomic E-state index is 11.4. The highest BCUT2D eigenvalue weighted by atomic mass is 32.1. The van der Waals surface area contributed by atoms with Crippen LogP contribution in [-0.2, 0) is 11.3 Å². The van der Waals surface area contributed by atoms with Crippen LogP contribution in [0.1, 0.15) is 45.7 Å². The maximum Gasteiger partial charge on any atom is 0.311 e. The second kappa shape index (κ2) is 5.84. The first-order valence-corrected chi connectivity index (χ1v) is 7.48. The van der Waals surface area contributed by atoms with Crippen molar-refractivity contribution < 1.29 is 9.90 Å². The van der Waals surface area contributed by atoms with Crippen molar-refractivity contribution in [3.63, 3.8) is 0 Å². The number of aliphatic carboxylic acids is 1. The molecule has 0 spiro atoms. The van der Waals surface area contributed by atoms with Gasteiger partial charge < -0.3 is 5.11 Å². The zero-order chi connectivity index (χ0) is 15.6. The Morgan fingerprint density at radius 3 is 2.71 bits per heavy atom. The minimum atomic E-state index is -0.916. The van der Waals surface area contributed by atoms with Gasteiger partial charge in [-0.15, -0.1) is 10.2 Å². The number of aromatic nitrogens is 6. The standard InChI is InChI=1S/C12H18N6O2S/c1-5-12(4,11(19)20)6-18-10(14-15-16-18)9-8(7(2)3)13-17-21-9/h7H,5-6H2,1-4H3,(H,19,20). The van der Waals surface area contributed by atoms with Crippen LogP contribution in [0.25, 0.3) is 10.7 Å². The first-order valence-electron chi connectivity index (χ1n) is 6.71. The smallest absolute Gasteiger partial charge is 0.311 e. The van der Waals surface area contributed by atoms with Crippen LogP contribution >= 0.6 is 11.5 Å². The summed E-state index contributed by atoms with van der Waals surface area (Å²) in [4.78, 5) is 12.2. The lowest BCUT2D eigenvalue weighted by atomic mass is 9.88. The first-order chi connectivity index (χ1) is 9.89. The quantitative estimate of drug-likeness (QED) is 0.867. The molecular weight excluding hydrogens is 292 g/mol. The molecule has 0 saturated carbocycles. The minimum absolute atomic E-state index is 0.195. The van der Waals surface area contributed by atoms with Gasteiger partial charge in [-0.1, -0.05) is 25.3 Å². The topological polar surface area (TPSA) is 107 Å². The number of rotatable bonds is 6. The Kier molecular flexibility index (Phi) is 4.31. The molecule has 0 fully saturated rings. The average Bonchev–Trinajstić information content (AvgIpc) is 3.05. The number of carbonyl (C=O) groups is 1. The van der Waals surface area contributed by atoms with Crippen molar-refractivity contribution in [3.05, 3.63) is 5.69 Å². The molecule has 2 aromatic heterocycles. The number of carboxylic acid groups (broad SMARTS) is 1. The summed E-state index contributed by atoms with van der Waals surface area (Å²) in [5, 5.41) is 25.1. The molecule has 1 unspecified atom stereocenters. The highest BCUT2D eigenvalue weighted by Gasteiger charge is 2.34. The van der Waals surface area contributed by atoms with E-state index in [9.17, 15) is 9.90 Å². The van der Waals surface area contributed by atoms with Gasteiger partial charge in [0, 0.05) is 0 Å². The third-order valence-corrected chi connectivity index (χ3v) is 4.33. The highest BCUT2D eigenvalue weighted by Crippen LogP contribution is 2.31. The summed E-state index contributed by atoms with van der Waals surface area (Å²) in [6.45, 7) is 7.77. The van der Waals surface area contributed by atoms with E-state index in [-0.39, 0.29) is 12.5 Å². The Morgan fingerprint density at radius 2 is 2.14 bits per heavy atom. The van der Waals surface area contributed by atoms with E-state index in [1.54, 1.807) is 6.92 Å². The second-order valence-corrected chi connectivity index (χ2v) is 6.28. The summed E-state index contributed by atoms with van der Waals surface area (Å²) >= 11 is 1.22. The Balaban J connectivity index is 2.39. The maximum absolute atomic E-state index is 11.4. The van der Waals surface area contributed by atoms with Gasteiger partial charge >= 0.3 is 5.97 Å². The molecule has 0 aromatic carbocycles. The van der Waals surface area contributed by atoms with Crippen molar-refractivity contribution in [2.75, 3.05) is 0 Å². The molecule has 0 radical (unpaired) electrons. The van der Waals surface area contributed by atoms with Crippen LogP contribution < -0.4 is 0 Å². The van der Waals surface area contributed by atoms with E-state index >= 15 is 0 Å². The third-order valence-electron chi connectivity index (χ3n) is 3.59. The van der Waals surface area contributed by atoms with Crippen molar-refractivity contribution >= 4 is 17.5 Å².